The normalized spacial score (nSPS) is 17.7. The first-order valence-electron chi connectivity index (χ1n) is 14.0. The number of aromatic carboxylic acids is 1. The van der Waals surface area contributed by atoms with E-state index in [0.717, 1.165) is 37.8 Å². The SMILES string of the molecule is CC(=O)N(C)c1cccc(CC(NC(=O)C2CCC(CN(C)C)CC2)C(=O)Nc2ccc3[nH]c(C(=O)O)cc3c2)c1. The van der Waals surface area contributed by atoms with Gasteiger partial charge in [0.25, 0.3) is 0 Å². The molecule has 2 aromatic carbocycles. The zero-order valence-electron chi connectivity index (χ0n) is 24.1. The summed E-state index contributed by atoms with van der Waals surface area (Å²) in [6.45, 7) is 2.49. The molecule has 1 aliphatic carbocycles. The molecule has 218 valence electrons. The molecule has 3 amide bonds. The number of hydrogen-bond acceptors (Lipinski definition) is 5. The van der Waals surface area contributed by atoms with Crippen LogP contribution in [0.1, 0.15) is 48.7 Å². The van der Waals surface area contributed by atoms with E-state index in [2.05, 4.69) is 34.6 Å². The number of carboxylic acid groups (broad SMARTS) is 1. The molecule has 1 heterocycles. The molecule has 1 aliphatic rings. The van der Waals surface area contributed by atoms with Crippen LogP contribution in [0.2, 0.25) is 0 Å². The van der Waals surface area contributed by atoms with Crippen LogP contribution in [0.3, 0.4) is 0 Å². The highest BCUT2D eigenvalue weighted by molar-refractivity contribution is 6.00. The van der Waals surface area contributed by atoms with Crippen LogP contribution in [0.15, 0.2) is 48.5 Å². The van der Waals surface area contributed by atoms with E-state index in [-0.39, 0.29) is 35.8 Å². The van der Waals surface area contributed by atoms with Crippen molar-refractivity contribution < 1.29 is 24.3 Å². The first kappa shape index (κ1) is 29.8. The van der Waals surface area contributed by atoms with Gasteiger partial charge in [-0.15, -0.1) is 0 Å². The van der Waals surface area contributed by atoms with Gasteiger partial charge in [-0.05, 0) is 87.7 Å². The maximum Gasteiger partial charge on any atom is 0.352 e. The molecule has 10 nitrogen and oxygen atoms in total. The van der Waals surface area contributed by atoms with Gasteiger partial charge < -0.3 is 30.5 Å². The Morgan fingerprint density at radius 2 is 1.73 bits per heavy atom. The molecule has 3 aromatic rings. The van der Waals surface area contributed by atoms with Crippen molar-refractivity contribution in [1.29, 1.82) is 0 Å². The highest BCUT2D eigenvalue weighted by Crippen LogP contribution is 2.29. The molecule has 0 radical (unpaired) electrons. The van der Waals surface area contributed by atoms with Crippen molar-refractivity contribution in [2.75, 3.05) is 37.9 Å². The van der Waals surface area contributed by atoms with E-state index in [1.807, 2.05) is 24.3 Å². The topological polar surface area (TPSA) is 135 Å². The first-order valence-corrected chi connectivity index (χ1v) is 14.0. The summed E-state index contributed by atoms with van der Waals surface area (Å²) in [6, 6.07) is 13.1. The first-order chi connectivity index (χ1) is 19.5. The van der Waals surface area contributed by atoms with E-state index >= 15 is 0 Å². The van der Waals surface area contributed by atoms with Gasteiger partial charge >= 0.3 is 5.97 Å². The Hall–Kier alpha value is -4.18. The van der Waals surface area contributed by atoms with Crippen LogP contribution in [0, 0.1) is 11.8 Å². The molecule has 1 fully saturated rings. The van der Waals surface area contributed by atoms with Gasteiger partial charge in [-0.1, -0.05) is 12.1 Å². The number of aromatic amines is 1. The lowest BCUT2D eigenvalue weighted by molar-refractivity contribution is -0.130. The minimum atomic E-state index is -1.07. The molecule has 0 spiro atoms. The van der Waals surface area contributed by atoms with Gasteiger partial charge in [-0.2, -0.15) is 0 Å². The number of carboxylic acids is 1. The third-order valence-electron chi connectivity index (χ3n) is 7.80. The molecule has 0 saturated heterocycles. The maximum absolute atomic E-state index is 13.6. The summed E-state index contributed by atoms with van der Waals surface area (Å²) in [7, 11) is 5.81. The average molecular weight is 562 g/mol. The van der Waals surface area contributed by atoms with Crippen molar-refractivity contribution in [2.45, 2.75) is 45.1 Å². The monoisotopic (exact) mass is 561 g/mol. The van der Waals surface area contributed by atoms with E-state index in [9.17, 15) is 24.3 Å². The minimum Gasteiger partial charge on any atom is -0.477 e. The maximum atomic E-state index is 13.6. The van der Waals surface area contributed by atoms with E-state index in [1.54, 1.807) is 25.2 Å². The van der Waals surface area contributed by atoms with Crippen molar-refractivity contribution >= 4 is 46.0 Å². The summed E-state index contributed by atoms with van der Waals surface area (Å²) in [5.74, 6) is -1.26. The van der Waals surface area contributed by atoms with Gasteiger partial charge in [0.1, 0.15) is 11.7 Å². The van der Waals surface area contributed by atoms with Crippen LogP contribution >= 0.6 is 0 Å². The van der Waals surface area contributed by atoms with Crippen LogP contribution in [-0.2, 0) is 20.8 Å². The number of anilines is 2. The molecule has 0 aliphatic heterocycles. The molecule has 0 bridgehead atoms. The lowest BCUT2D eigenvalue weighted by Gasteiger charge is -2.30. The summed E-state index contributed by atoms with van der Waals surface area (Å²) in [5.41, 5.74) is 2.70. The molecule has 1 saturated carbocycles. The number of fused-ring (bicyclic) bond motifs is 1. The summed E-state index contributed by atoms with van der Waals surface area (Å²) in [5, 5.41) is 15.8. The lowest BCUT2D eigenvalue weighted by Crippen LogP contribution is -2.48. The van der Waals surface area contributed by atoms with Crippen LogP contribution in [0.4, 0.5) is 11.4 Å². The Morgan fingerprint density at radius 3 is 2.39 bits per heavy atom. The predicted molar refractivity (Wildman–Crippen MR) is 159 cm³/mol. The fourth-order valence-electron chi connectivity index (χ4n) is 5.49. The Balaban J connectivity index is 1.52. The van der Waals surface area contributed by atoms with Crippen LogP contribution in [-0.4, -0.2) is 72.4 Å². The summed E-state index contributed by atoms with van der Waals surface area (Å²) >= 11 is 0. The quantitative estimate of drug-likeness (QED) is 0.297. The van der Waals surface area contributed by atoms with Gasteiger partial charge in [-0.25, -0.2) is 4.79 Å². The molecule has 4 N–H and O–H groups in total. The van der Waals surface area contributed by atoms with Gasteiger partial charge in [-0.3, -0.25) is 14.4 Å². The van der Waals surface area contributed by atoms with E-state index in [1.165, 1.54) is 17.9 Å². The zero-order valence-corrected chi connectivity index (χ0v) is 24.1. The van der Waals surface area contributed by atoms with Crippen molar-refractivity contribution in [3.8, 4) is 0 Å². The standard InChI is InChI=1S/C31H39N5O5/c1-19(37)36(4)25-7-5-6-21(14-25)15-27(34-29(38)22-10-8-20(9-11-22)18-35(2)3)30(39)32-24-12-13-26-23(16-24)17-28(33-26)31(40)41/h5-7,12-14,16-17,20,22,27,33H,8-11,15,18H2,1-4H3,(H,32,39)(H,34,38)(H,40,41). The second kappa shape index (κ2) is 13.0. The third-order valence-corrected chi connectivity index (χ3v) is 7.80. The number of benzene rings is 2. The van der Waals surface area contributed by atoms with E-state index in [4.69, 9.17) is 0 Å². The Morgan fingerprint density at radius 1 is 1.00 bits per heavy atom. The number of nitrogens with zero attached hydrogens (tertiary/aromatic N) is 2. The molecular weight excluding hydrogens is 522 g/mol. The van der Waals surface area contributed by atoms with E-state index < -0.39 is 12.0 Å². The van der Waals surface area contributed by atoms with Crippen LogP contribution in [0.25, 0.3) is 10.9 Å². The second-order valence-corrected chi connectivity index (χ2v) is 11.3. The summed E-state index contributed by atoms with van der Waals surface area (Å²) in [4.78, 5) is 56.7. The molecule has 41 heavy (non-hydrogen) atoms. The average Bonchev–Trinajstić information content (AvgIpc) is 3.36. The number of hydrogen-bond donors (Lipinski definition) is 4. The van der Waals surface area contributed by atoms with Gasteiger partial charge in [0, 0.05) is 55.1 Å². The third kappa shape index (κ3) is 7.73. The fourth-order valence-corrected chi connectivity index (χ4v) is 5.49. The van der Waals surface area contributed by atoms with Crippen molar-refractivity contribution in [3.63, 3.8) is 0 Å². The molecule has 1 aromatic heterocycles. The van der Waals surface area contributed by atoms with Crippen LogP contribution < -0.4 is 15.5 Å². The number of H-pyrrole nitrogens is 1. The lowest BCUT2D eigenvalue weighted by atomic mass is 9.81. The van der Waals surface area contributed by atoms with Gasteiger partial charge in [0.15, 0.2) is 0 Å². The zero-order chi connectivity index (χ0) is 29.7. The number of amides is 3. The van der Waals surface area contributed by atoms with Gasteiger partial charge in [0.05, 0.1) is 0 Å². The summed E-state index contributed by atoms with van der Waals surface area (Å²) in [6.07, 6.45) is 3.76. The Labute approximate surface area is 240 Å². The molecule has 4 rings (SSSR count). The Bertz CT molecular complexity index is 1420. The van der Waals surface area contributed by atoms with Crippen molar-refractivity contribution in [3.05, 3.63) is 59.8 Å². The van der Waals surface area contributed by atoms with Crippen molar-refractivity contribution in [2.24, 2.45) is 11.8 Å². The molecule has 1 atom stereocenters. The highest BCUT2D eigenvalue weighted by atomic mass is 16.4. The largest absolute Gasteiger partial charge is 0.477 e. The number of aromatic nitrogens is 1. The molecular formula is C31H39N5O5. The number of carbonyl (C=O) groups excluding carboxylic acids is 3. The fraction of sp³-hybridized carbons (Fsp3) is 0.419. The van der Waals surface area contributed by atoms with Crippen molar-refractivity contribution in [1.82, 2.24) is 15.2 Å². The van der Waals surface area contributed by atoms with E-state index in [0.29, 0.717) is 28.2 Å². The number of nitrogens with one attached hydrogen (secondary N) is 3. The van der Waals surface area contributed by atoms with Gasteiger partial charge in [0.2, 0.25) is 17.7 Å². The predicted octanol–water partition coefficient (Wildman–Crippen LogP) is 3.88. The number of carbonyl (C=O) groups is 4. The number of rotatable bonds is 10. The molecule has 1 unspecified atom stereocenters. The summed E-state index contributed by atoms with van der Waals surface area (Å²) < 4.78 is 0. The highest BCUT2D eigenvalue weighted by Gasteiger charge is 2.30. The smallest absolute Gasteiger partial charge is 0.352 e. The minimum absolute atomic E-state index is 0.0596. The van der Waals surface area contributed by atoms with Crippen LogP contribution in [0.5, 0.6) is 0 Å². The molecule has 10 heteroatoms. The second-order valence-electron chi connectivity index (χ2n) is 11.3. The Kier molecular flexibility index (Phi) is 9.44.